The van der Waals surface area contributed by atoms with E-state index >= 15 is 0 Å². The number of aromatic amines is 1. The van der Waals surface area contributed by atoms with Crippen LogP contribution in [0.3, 0.4) is 0 Å². The van der Waals surface area contributed by atoms with Crippen LogP contribution in [0.5, 0.6) is 11.5 Å². The molecule has 1 N–H and O–H groups in total. The number of Topliss-reactive ketones (excluding diaryl/α,β-unsaturated/α-hetero) is 2. The van der Waals surface area contributed by atoms with Gasteiger partial charge in [0.1, 0.15) is 40.4 Å². The van der Waals surface area contributed by atoms with Crippen molar-refractivity contribution in [3.63, 3.8) is 0 Å². The minimum absolute atomic E-state index is 0.0289. The summed E-state index contributed by atoms with van der Waals surface area (Å²) in [5.74, 6) is 1.17. The third-order valence-electron chi connectivity index (χ3n) is 5.87. The molecular formula is C24H26N4O4. The molecule has 0 aliphatic carbocycles. The van der Waals surface area contributed by atoms with Gasteiger partial charge in [0.2, 0.25) is 0 Å². The summed E-state index contributed by atoms with van der Waals surface area (Å²) >= 11 is 0. The predicted molar refractivity (Wildman–Crippen MR) is 123 cm³/mol. The van der Waals surface area contributed by atoms with Crippen LogP contribution >= 0.6 is 0 Å². The van der Waals surface area contributed by atoms with Crippen molar-refractivity contribution in [1.29, 1.82) is 0 Å². The van der Waals surface area contributed by atoms with Gasteiger partial charge in [-0.2, -0.15) is 0 Å². The van der Waals surface area contributed by atoms with Gasteiger partial charge < -0.3 is 19.4 Å². The Hall–Kier alpha value is -3.68. The highest BCUT2D eigenvalue weighted by Crippen LogP contribution is 2.44. The first-order valence-corrected chi connectivity index (χ1v) is 10.3. The van der Waals surface area contributed by atoms with Crippen LogP contribution in [-0.2, 0) is 9.59 Å². The molecule has 166 valence electrons. The van der Waals surface area contributed by atoms with Crippen molar-refractivity contribution in [3.05, 3.63) is 48.3 Å². The van der Waals surface area contributed by atoms with E-state index in [4.69, 9.17) is 9.47 Å². The molecule has 0 amide bonds. The summed E-state index contributed by atoms with van der Waals surface area (Å²) in [5.41, 5.74) is 1.10. The molecule has 8 heteroatoms. The molecule has 1 saturated heterocycles. The number of benzene rings is 2. The average molecular weight is 434 g/mol. The van der Waals surface area contributed by atoms with Crippen molar-refractivity contribution in [3.8, 4) is 11.5 Å². The second-order valence-electron chi connectivity index (χ2n) is 8.08. The summed E-state index contributed by atoms with van der Waals surface area (Å²) in [7, 11) is 4.77. The van der Waals surface area contributed by atoms with E-state index in [2.05, 4.69) is 15.0 Å². The number of hydrogen-bond donors (Lipinski definition) is 1. The highest BCUT2D eigenvalue weighted by atomic mass is 16.5. The van der Waals surface area contributed by atoms with E-state index in [1.54, 1.807) is 46.4 Å². The van der Waals surface area contributed by atoms with Crippen molar-refractivity contribution in [2.75, 3.05) is 26.2 Å². The Morgan fingerprint density at radius 2 is 1.84 bits per heavy atom. The first kappa shape index (κ1) is 21.5. The second kappa shape index (κ2) is 8.11. The normalized spacial score (nSPS) is 22.0. The highest BCUT2D eigenvalue weighted by molar-refractivity contribution is 6.27. The number of para-hydroxylation sites is 2. The lowest BCUT2D eigenvalue weighted by atomic mass is 9.87. The minimum atomic E-state index is -1.15. The van der Waals surface area contributed by atoms with Gasteiger partial charge in [-0.05, 0) is 26.0 Å². The fourth-order valence-electron chi connectivity index (χ4n) is 4.49. The molecule has 1 aromatic heterocycles. The number of ketones is 2. The molecule has 2 heterocycles. The molecule has 1 aliphatic heterocycles. The van der Waals surface area contributed by atoms with Crippen molar-refractivity contribution < 1.29 is 19.1 Å². The molecule has 1 aliphatic rings. The van der Waals surface area contributed by atoms with Crippen molar-refractivity contribution >= 4 is 34.1 Å². The minimum Gasteiger partial charge on any atom is -0.497 e. The Labute approximate surface area is 186 Å². The van der Waals surface area contributed by atoms with E-state index in [9.17, 15) is 9.59 Å². The molecule has 0 radical (unpaired) electrons. The third kappa shape index (κ3) is 3.41. The lowest BCUT2D eigenvalue weighted by Gasteiger charge is -2.34. The van der Waals surface area contributed by atoms with Crippen molar-refractivity contribution in [2.45, 2.75) is 31.7 Å². The number of H-pyrrole nitrogens is 1. The van der Waals surface area contributed by atoms with E-state index in [0.717, 1.165) is 11.0 Å². The monoisotopic (exact) mass is 434 g/mol. The molecule has 3 aromatic rings. The molecule has 8 nitrogen and oxygen atoms in total. The van der Waals surface area contributed by atoms with Gasteiger partial charge in [0.15, 0.2) is 5.78 Å². The van der Waals surface area contributed by atoms with Crippen LogP contribution in [0.4, 0.5) is 5.69 Å². The average Bonchev–Trinajstić information content (AvgIpc) is 3.29. The molecule has 2 unspecified atom stereocenters. The highest BCUT2D eigenvalue weighted by Gasteiger charge is 2.56. The molecule has 0 spiro atoms. The maximum absolute atomic E-state index is 13.9. The fourth-order valence-corrected chi connectivity index (χ4v) is 4.49. The van der Waals surface area contributed by atoms with E-state index in [1.807, 2.05) is 29.2 Å². The summed E-state index contributed by atoms with van der Waals surface area (Å²) < 4.78 is 10.9. The van der Waals surface area contributed by atoms with Crippen molar-refractivity contribution in [1.82, 2.24) is 9.97 Å². The number of aromatic nitrogens is 2. The summed E-state index contributed by atoms with van der Waals surface area (Å²) in [6.07, 6.45) is 0.0289. The molecule has 0 bridgehead atoms. The number of aliphatic imine (C=N–C) groups is 1. The molecule has 0 saturated carbocycles. The van der Waals surface area contributed by atoms with Crippen LogP contribution in [0.25, 0.3) is 11.0 Å². The standard InChI is InChI=1S/C24H26N4O4/c1-14(29)13-24(2)21(30)20(22-26-18-8-6-7-9-19(18)27-22)23(25-3)28(24)15-10-16(31-4)12-17(11-15)32-5/h6-12,20H,13H2,1-5H3,(H,26,27). The maximum atomic E-state index is 13.9. The number of carbonyl (C=O) groups is 2. The zero-order valence-electron chi connectivity index (χ0n) is 18.8. The Bertz CT molecular complexity index is 1180. The number of nitrogens with zero attached hydrogens (tertiary/aromatic N) is 3. The number of nitrogens with one attached hydrogen (secondary N) is 1. The topological polar surface area (TPSA) is 96.9 Å². The Morgan fingerprint density at radius 3 is 2.41 bits per heavy atom. The SMILES string of the molecule is CN=C1C(c2nc3ccccc3[nH]2)C(=O)C(C)(CC(C)=O)N1c1cc(OC)cc(OC)c1. The number of imidazole rings is 1. The number of rotatable bonds is 6. The van der Waals surface area contributed by atoms with Crippen LogP contribution in [-0.4, -0.2) is 54.2 Å². The van der Waals surface area contributed by atoms with Crippen LogP contribution < -0.4 is 14.4 Å². The lowest BCUT2D eigenvalue weighted by molar-refractivity contribution is -0.126. The van der Waals surface area contributed by atoms with Crippen LogP contribution in [0, 0.1) is 0 Å². The number of fused-ring (bicyclic) bond motifs is 1. The van der Waals surface area contributed by atoms with Gasteiger partial charge in [0, 0.05) is 31.7 Å². The summed E-state index contributed by atoms with van der Waals surface area (Å²) in [6.45, 7) is 3.26. The van der Waals surface area contributed by atoms with Crippen LogP contribution in [0.1, 0.15) is 32.0 Å². The summed E-state index contributed by atoms with van der Waals surface area (Å²) in [4.78, 5) is 40.4. The van der Waals surface area contributed by atoms with E-state index in [-0.39, 0.29) is 18.0 Å². The lowest BCUT2D eigenvalue weighted by Crippen LogP contribution is -2.48. The quantitative estimate of drug-likeness (QED) is 0.638. The third-order valence-corrected chi connectivity index (χ3v) is 5.87. The number of methoxy groups -OCH3 is 2. The summed E-state index contributed by atoms with van der Waals surface area (Å²) in [6, 6.07) is 13.0. The number of anilines is 1. The zero-order chi connectivity index (χ0) is 23.0. The zero-order valence-corrected chi connectivity index (χ0v) is 18.8. The first-order valence-electron chi connectivity index (χ1n) is 10.3. The Morgan fingerprint density at radius 1 is 1.19 bits per heavy atom. The maximum Gasteiger partial charge on any atom is 0.177 e. The molecule has 1 fully saturated rings. The van der Waals surface area contributed by atoms with Gasteiger partial charge in [-0.15, -0.1) is 0 Å². The first-order chi connectivity index (χ1) is 15.3. The van der Waals surface area contributed by atoms with Gasteiger partial charge in [-0.1, -0.05) is 12.1 Å². The summed E-state index contributed by atoms with van der Waals surface area (Å²) in [5, 5.41) is 0. The van der Waals surface area contributed by atoms with Gasteiger partial charge in [0.25, 0.3) is 0 Å². The van der Waals surface area contributed by atoms with Crippen LogP contribution in [0.2, 0.25) is 0 Å². The largest absolute Gasteiger partial charge is 0.497 e. The van der Waals surface area contributed by atoms with E-state index < -0.39 is 11.5 Å². The number of amidine groups is 1. The van der Waals surface area contributed by atoms with Crippen molar-refractivity contribution in [2.24, 2.45) is 4.99 Å². The van der Waals surface area contributed by atoms with E-state index in [0.29, 0.717) is 28.8 Å². The molecule has 2 atom stereocenters. The number of ether oxygens (including phenoxy) is 2. The molecule has 2 aromatic carbocycles. The second-order valence-corrected chi connectivity index (χ2v) is 8.08. The Balaban J connectivity index is 1.92. The number of hydrogen-bond acceptors (Lipinski definition) is 6. The van der Waals surface area contributed by atoms with Crippen LogP contribution in [0.15, 0.2) is 47.5 Å². The number of carbonyl (C=O) groups excluding carboxylic acids is 2. The van der Waals surface area contributed by atoms with Gasteiger partial charge in [0.05, 0.1) is 30.9 Å². The Kier molecular flexibility index (Phi) is 5.46. The predicted octanol–water partition coefficient (Wildman–Crippen LogP) is 3.52. The molecule has 4 rings (SSSR count). The van der Waals surface area contributed by atoms with E-state index in [1.165, 1.54) is 6.92 Å². The van der Waals surface area contributed by atoms with Gasteiger partial charge in [-0.3, -0.25) is 14.6 Å². The van der Waals surface area contributed by atoms with Gasteiger partial charge in [-0.25, -0.2) is 4.98 Å². The molecule has 32 heavy (non-hydrogen) atoms. The fraction of sp³-hybridized carbons (Fsp3) is 0.333. The van der Waals surface area contributed by atoms with Gasteiger partial charge >= 0.3 is 0 Å². The smallest absolute Gasteiger partial charge is 0.177 e. The molecular weight excluding hydrogens is 408 g/mol.